The Kier molecular flexibility index (Phi) is 3.22. The third-order valence-corrected chi connectivity index (χ3v) is 5.14. The molecule has 1 aliphatic rings. The summed E-state index contributed by atoms with van der Waals surface area (Å²) in [5.41, 5.74) is 3.53. The van der Waals surface area contributed by atoms with E-state index < -0.39 is 10.0 Å². The number of hydrogen-bond donors (Lipinski definition) is 1. The number of hydrogen-bond acceptors (Lipinski definition) is 3. The van der Waals surface area contributed by atoms with Crippen molar-refractivity contribution in [1.82, 2.24) is 9.29 Å². The minimum absolute atomic E-state index is 0.554. The van der Waals surface area contributed by atoms with Crippen molar-refractivity contribution in [3.05, 3.63) is 30.0 Å². The first-order chi connectivity index (χ1) is 9.45. The van der Waals surface area contributed by atoms with Gasteiger partial charge in [0.2, 0.25) is 10.0 Å². The molecule has 1 aliphatic heterocycles. The van der Waals surface area contributed by atoms with Crippen molar-refractivity contribution in [3.8, 4) is 0 Å². The quantitative estimate of drug-likeness (QED) is 0.914. The predicted molar refractivity (Wildman–Crippen MR) is 81.7 cm³/mol. The number of aromatic nitrogens is 1. The van der Waals surface area contributed by atoms with E-state index in [1.165, 1.54) is 22.9 Å². The minimum Gasteiger partial charge on any atom is -0.368 e. The summed E-state index contributed by atoms with van der Waals surface area (Å²) in [5.74, 6) is 0. The van der Waals surface area contributed by atoms with Crippen molar-refractivity contribution < 1.29 is 8.42 Å². The molecule has 2 heterocycles. The molecule has 20 heavy (non-hydrogen) atoms. The van der Waals surface area contributed by atoms with Crippen molar-refractivity contribution in [1.29, 1.82) is 0 Å². The molecule has 0 amide bonds. The van der Waals surface area contributed by atoms with Gasteiger partial charge in [0.25, 0.3) is 0 Å². The molecule has 1 aromatic heterocycles. The van der Waals surface area contributed by atoms with Gasteiger partial charge in [-0.05, 0) is 30.7 Å². The van der Waals surface area contributed by atoms with Crippen LogP contribution in [0.25, 0.3) is 10.9 Å². The lowest BCUT2D eigenvalue weighted by Crippen LogP contribution is -2.48. The van der Waals surface area contributed by atoms with Gasteiger partial charge in [-0.25, -0.2) is 8.42 Å². The highest BCUT2D eigenvalue weighted by Crippen LogP contribution is 2.29. The molecule has 108 valence electrons. The molecule has 0 saturated carbocycles. The fourth-order valence-electron chi connectivity index (χ4n) is 2.81. The normalized spacial score (nSPS) is 17.8. The van der Waals surface area contributed by atoms with E-state index in [9.17, 15) is 8.42 Å². The minimum atomic E-state index is -3.07. The maximum Gasteiger partial charge on any atom is 0.211 e. The van der Waals surface area contributed by atoms with Gasteiger partial charge in [-0.2, -0.15) is 4.31 Å². The first-order valence-corrected chi connectivity index (χ1v) is 8.58. The van der Waals surface area contributed by atoms with Gasteiger partial charge < -0.3 is 9.88 Å². The van der Waals surface area contributed by atoms with E-state index in [1.54, 1.807) is 4.31 Å². The van der Waals surface area contributed by atoms with Crippen LogP contribution in [-0.4, -0.2) is 50.1 Å². The lowest BCUT2D eigenvalue weighted by molar-refractivity contribution is 0.388. The maximum absolute atomic E-state index is 11.6. The zero-order valence-electron chi connectivity index (χ0n) is 11.8. The summed E-state index contributed by atoms with van der Waals surface area (Å²) in [7, 11) is -3.07. The number of fused-ring (bicyclic) bond motifs is 1. The number of aryl methyl sites for hydroxylation is 1. The SMILES string of the molecule is Cc1cc(N2CCN(S(C)(=O)=O)CC2)c2cc[nH]c2c1. The van der Waals surface area contributed by atoms with Gasteiger partial charge in [-0.1, -0.05) is 0 Å². The Balaban J connectivity index is 1.89. The maximum atomic E-state index is 11.6. The number of benzene rings is 1. The molecular weight excluding hydrogens is 274 g/mol. The number of piperazine rings is 1. The molecule has 0 aliphatic carbocycles. The molecule has 1 N–H and O–H groups in total. The monoisotopic (exact) mass is 293 g/mol. The molecule has 2 aromatic rings. The second kappa shape index (κ2) is 4.79. The summed E-state index contributed by atoms with van der Waals surface area (Å²) in [4.78, 5) is 5.51. The smallest absolute Gasteiger partial charge is 0.211 e. The van der Waals surface area contributed by atoms with Crippen LogP contribution in [0.4, 0.5) is 5.69 Å². The number of anilines is 1. The molecule has 0 spiro atoms. The van der Waals surface area contributed by atoms with E-state index in [2.05, 4.69) is 35.0 Å². The summed E-state index contributed by atoms with van der Waals surface area (Å²) in [6.07, 6.45) is 3.22. The van der Waals surface area contributed by atoms with Crippen LogP contribution in [0.2, 0.25) is 0 Å². The van der Waals surface area contributed by atoms with Gasteiger partial charge in [-0.15, -0.1) is 0 Å². The van der Waals surface area contributed by atoms with Crippen LogP contribution in [0.3, 0.4) is 0 Å². The second-order valence-corrected chi connectivity index (χ2v) is 7.35. The number of rotatable bonds is 2. The Labute approximate surface area is 119 Å². The number of nitrogens with one attached hydrogen (secondary N) is 1. The molecule has 0 unspecified atom stereocenters. The molecule has 1 aromatic carbocycles. The van der Waals surface area contributed by atoms with E-state index in [0.29, 0.717) is 13.1 Å². The Bertz CT molecular complexity index is 728. The molecule has 5 nitrogen and oxygen atoms in total. The van der Waals surface area contributed by atoms with Crippen LogP contribution in [0.5, 0.6) is 0 Å². The number of aromatic amines is 1. The Morgan fingerprint density at radius 1 is 1.15 bits per heavy atom. The van der Waals surface area contributed by atoms with E-state index in [-0.39, 0.29) is 0 Å². The Morgan fingerprint density at radius 3 is 2.50 bits per heavy atom. The van der Waals surface area contributed by atoms with E-state index in [4.69, 9.17) is 0 Å². The van der Waals surface area contributed by atoms with Crippen molar-refractivity contribution >= 4 is 26.6 Å². The van der Waals surface area contributed by atoms with Gasteiger partial charge in [0.05, 0.1) is 6.26 Å². The highest BCUT2D eigenvalue weighted by Gasteiger charge is 2.24. The fraction of sp³-hybridized carbons (Fsp3) is 0.429. The highest BCUT2D eigenvalue weighted by molar-refractivity contribution is 7.88. The van der Waals surface area contributed by atoms with Crippen LogP contribution in [-0.2, 0) is 10.0 Å². The van der Waals surface area contributed by atoms with Crippen molar-refractivity contribution in [3.63, 3.8) is 0 Å². The fourth-order valence-corrected chi connectivity index (χ4v) is 3.64. The second-order valence-electron chi connectivity index (χ2n) is 5.37. The number of nitrogens with zero attached hydrogens (tertiary/aromatic N) is 2. The van der Waals surface area contributed by atoms with Crippen LogP contribution < -0.4 is 4.90 Å². The lowest BCUT2D eigenvalue weighted by atomic mass is 10.1. The molecule has 0 bridgehead atoms. The summed E-state index contributed by atoms with van der Waals surface area (Å²) < 4.78 is 24.7. The van der Waals surface area contributed by atoms with Gasteiger partial charge in [0.1, 0.15) is 0 Å². The molecule has 6 heteroatoms. The highest BCUT2D eigenvalue weighted by atomic mass is 32.2. The van der Waals surface area contributed by atoms with E-state index in [1.807, 2.05) is 6.20 Å². The van der Waals surface area contributed by atoms with Gasteiger partial charge in [0, 0.05) is 49.0 Å². The van der Waals surface area contributed by atoms with Crippen molar-refractivity contribution in [2.24, 2.45) is 0 Å². The van der Waals surface area contributed by atoms with Gasteiger partial charge in [0.15, 0.2) is 0 Å². The van der Waals surface area contributed by atoms with Gasteiger partial charge >= 0.3 is 0 Å². The Hall–Kier alpha value is -1.53. The van der Waals surface area contributed by atoms with Crippen LogP contribution in [0.15, 0.2) is 24.4 Å². The molecule has 0 radical (unpaired) electrons. The lowest BCUT2D eigenvalue weighted by Gasteiger charge is -2.35. The summed E-state index contributed by atoms with van der Waals surface area (Å²) >= 11 is 0. The van der Waals surface area contributed by atoms with Crippen molar-refractivity contribution in [2.75, 3.05) is 37.3 Å². The third-order valence-electron chi connectivity index (χ3n) is 3.84. The molecule has 0 atom stereocenters. The average Bonchev–Trinajstić information content (AvgIpc) is 2.85. The third kappa shape index (κ3) is 2.41. The topological polar surface area (TPSA) is 56.4 Å². The molecule has 1 saturated heterocycles. The first-order valence-electron chi connectivity index (χ1n) is 6.73. The van der Waals surface area contributed by atoms with Crippen LogP contribution >= 0.6 is 0 Å². The predicted octanol–water partition coefficient (Wildman–Crippen LogP) is 1.56. The zero-order valence-corrected chi connectivity index (χ0v) is 12.6. The largest absolute Gasteiger partial charge is 0.368 e. The average molecular weight is 293 g/mol. The standard InChI is InChI=1S/C14H19N3O2S/c1-11-9-13-12(3-4-15-13)14(10-11)16-5-7-17(8-6-16)20(2,18)19/h3-4,9-10,15H,5-8H2,1-2H3. The number of H-pyrrole nitrogens is 1. The number of sulfonamides is 1. The molecule has 3 rings (SSSR count). The van der Waals surface area contributed by atoms with Crippen molar-refractivity contribution in [2.45, 2.75) is 6.92 Å². The van der Waals surface area contributed by atoms with Crippen LogP contribution in [0, 0.1) is 6.92 Å². The van der Waals surface area contributed by atoms with Crippen LogP contribution in [0.1, 0.15) is 5.56 Å². The Morgan fingerprint density at radius 2 is 1.85 bits per heavy atom. The van der Waals surface area contributed by atoms with E-state index >= 15 is 0 Å². The summed E-state index contributed by atoms with van der Waals surface area (Å²) in [5, 5.41) is 1.20. The molecular formula is C14H19N3O2S. The molecule has 1 fully saturated rings. The summed E-state index contributed by atoms with van der Waals surface area (Å²) in [6, 6.07) is 6.38. The summed E-state index contributed by atoms with van der Waals surface area (Å²) in [6.45, 7) is 4.65. The zero-order chi connectivity index (χ0) is 14.3. The first kappa shape index (κ1) is 13.5. The van der Waals surface area contributed by atoms with E-state index in [0.717, 1.165) is 18.6 Å². The van der Waals surface area contributed by atoms with Gasteiger partial charge in [-0.3, -0.25) is 0 Å².